The number of rotatable bonds is 5. The monoisotopic (exact) mass is 314 g/mol. The van der Waals surface area contributed by atoms with Crippen molar-refractivity contribution in [3.05, 3.63) is 59.4 Å². The van der Waals surface area contributed by atoms with Gasteiger partial charge in [-0.15, -0.1) is 0 Å². The summed E-state index contributed by atoms with van der Waals surface area (Å²) in [6.45, 7) is 0.363. The standard InChI is InChI=1S/C16H14N2O3S/c1-20-12-6-4-11(5-7-12)14-9-15(22-18-14)16(19)17-10-13-3-2-8-21-13/h2-9H,10H2,1H3,(H,17,19). The summed E-state index contributed by atoms with van der Waals surface area (Å²) in [7, 11) is 1.62. The lowest BCUT2D eigenvalue weighted by molar-refractivity contribution is 0.0952. The predicted octanol–water partition coefficient (Wildman–Crippen LogP) is 3.34. The van der Waals surface area contributed by atoms with E-state index < -0.39 is 0 Å². The third-order valence-electron chi connectivity index (χ3n) is 3.12. The van der Waals surface area contributed by atoms with Gasteiger partial charge in [-0.3, -0.25) is 4.79 Å². The van der Waals surface area contributed by atoms with Gasteiger partial charge in [0.1, 0.15) is 16.4 Å². The van der Waals surface area contributed by atoms with Crippen LogP contribution in [0.2, 0.25) is 0 Å². The highest BCUT2D eigenvalue weighted by atomic mass is 32.1. The number of hydrogen-bond donors (Lipinski definition) is 1. The smallest absolute Gasteiger partial charge is 0.263 e. The van der Waals surface area contributed by atoms with Crippen LogP contribution >= 0.6 is 11.5 Å². The highest BCUT2D eigenvalue weighted by Gasteiger charge is 2.12. The van der Waals surface area contributed by atoms with Gasteiger partial charge in [0.25, 0.3) is 5.91 Å². The Morgan fingerprint density at radius 1 is 1.32 bits per heavy atom. The summed E-state index contributed by atoms with van der Waals surface area (Å²) < 4.78 is 14.6. The van der Waals surface area contributed by atoms with E-state index in [9.17, 15) is 4.79 Å². The second-order valence-corrected chi connectivity index (χ2v) is 5.37. The van der Waals surface area contributed by atoms with Crippen molar-refractivity contribution in [3.63, 3.8) is 0 Å². The molecule has 0 atom stereocenters. The Bertz CT molecular complexity index is 748. The van der Waals surface area contributed by atoms with Crippen LogP contribution in [0.15, 0.2) is 53.1 Å². The van der Waals surface area contributed by atoms with Crippen LogP contribution in [0.1, 0.15) is 15.4 Å². The van der Waals surface area contributed by atoms with Crippen molar-refractivity contribution in [1.29, 1.82) is 0 Å². The first-order chi connectivity index (χ1) is 10.8. The molecule has 0 bridgehead atoms. The molecule has 2 heterocycles. The molecular weight excluding hydrogens is 300 g/mol. The molecule has 3 rings (SSSR count). The van der Waals surface area contributed by atoms with E-state index in [-0.39, 0.29) is 5.91 Å². The Hall–Kier alpha value is -2.60. The number of nitrogens with one attached hydrogen (secondary N) is 1. The predicted molar refractivity (Wildman–Crippen MR) is 84.0 cm³/mol. The highest BCUT2D eigenvalue weighted by molar-refractivity contribution is 7.08. The van der Waals surface area contributed by atoms with E-state index in [1.54, 1.807) is 25.5 Å². The first-order valence-corrected chi connectivity index (χ1v) is 7.45. The Morgan fingerprint density at radius 3 is 2.82 bits per heavy atom. The fraction of sp³-hybridized carbons (Fsp3) is 0.125. The van der Waals surface area contributed by atoms with Gasteiger partial charge in [-0.05, 0) is 54.0 Å². The fourth-order valence-corrected chi connectivity index (χ4v) is 2.62. The van der Waals surface area contributed by atoms with E-state index in [1.807, 2.05) is 30.3 Å². The Labute approximate surface area is 131 Å². The van der Waals surface area contributed by atoms with Gasteiger partial charge in [0, 0.05) is 5.56 Å². The van der Waals surface area contributed by atoms with Crippen LogP contribution in [0.5, 0.6) is 5.75 Å². The van der Waals surface area contributed by atoms with Crippen molar-refractivity contribution in [2.75, 3.05) is 7.11 Å². The van der Waals surface area contributed by atoms with Crippen LogP contribution in [-0.4, -0.2) is 17.4 Å². The van der Waals surface area contributed by atoms with E-state index >= 15 is 0 Å². The van der Waals surface area contributed by atoms with Gasteiger partial charge in [0.15, 0.2) is 0 Å². The normalized spacial score (nSPS) is 10.4. The van der Waals surface area contributed by atoms with E-state index in [0.29, 0.717) is 17.2 Å². The lowest BCUT2D eigenvalue weighted by Crippen LogP contribution is -2.21. The first-order valence-electron chi connectivity index (χ1n) is 6.68. The summed E-state index contributed by atoms with van der Waals surface area (Å²) in [5.74, 6) is 1.34. The first kappa shape index (κ1) is 14.3. The second kappa shape index (κ2) is 6.44. The number of carbonyl (C=O) groups is 1. The van der Waals surface area contributed by atoms with Crippen molar-refractivity contribution in [1.82, 2.24) is 9.69 Å². The van der Waals surface area contributed by atoms with Crippen LogP contribution in [0.3, 0.4) is 0 Å². The highest BCUT2D eigenvalue weighted by Crippen LogP contribution is 2.24. The molecule has 0 aliphatic heterocycles. The summed E-state index contributed by atoms with van der Waals surface area (Å²) >= 11 is 1.18. The third-order valence-corrected chi connectivity index (χ3v) is 3.91. The zero-order chi connectivity index (χ0) is 15.4. The molecule has 0 saturated carbocycles. The topological polar surface area (TPSA) is 64.4 Å². The summed E-state index contributed by atoms with van der Waals surface area (Å²) in [6, 6.07) is 12.9. The van der Waals surface area contributed by atoms with E-state index in [0.717, 1.165) is 17.0 Å². The number of benzene rings is 1. The number of carbonyl (C=O) groups excluding carboxylic acids is 1. The van der Waals surface area contributed by atoms with Gasteiger partial charge < -0.3 is 14.5 Å². The number of aromatic nitrogens is 1. The van der Waals surface area contributed by atoms with Crippen molar-refractivity contribution in [3.8, 4) is 17.0 Å². The van der Waals surface area contributed by atoms with Gasteiger partial charge in [0.05, 0.1) is 25.6 Å². The van der Waals surface area contributed by atoms with E-state index in [4.69, 9.17) is 9.15 Å². The zero-order valence-corrected chi connectivity index (χ0v) is 12.7. The largest absolute Gasteiger partial charge is 0.497 e. The lowest BCUT2D eigenvalue weighted by atomic mass is 10.1. The Balaban J connectivity index is 1.68. The molecule has 0 radical (unpaired) electrons. The van der Waals surface area contributed by atoms with Gasteiger partial charge in [0.2, 0.25) is 0 Å². The average molecular weight is 314 g/mol. The molecular formula is C16H14N2O3S. The molecule has 0 saturated heterocycles. The van der Waals surface area contributed by atoms with Crippen LogP contribution in [0, 0.1) is 0 Å². The molecule has 0 aliphatic rings. The number of methoxy groups -OCH3 is 1. The molecule has 5 nitrogen and oxygen atoms in total. The number of amides is 1. The minimum atomic E-state index is -0.159. The van der Waals surface area contributed by atoms with Crippen molar-refractivity contribution >= 4 is 17.4 Å². The fourth-order valence-electron chi connectivity index (χ4n) is 1.95. The minimum Gasteiger partial charge on any atom is -0.497 e. The number of ether oxygens (including phenoxy) is 1. The molecule has 1 amide bonds. The number of furan rings is 1. The third kappa shape index (κ3) is 3.17. The second-order valence-electron chi connectivity index (χ2n) is 4.57. The minimum absolute atomic E-state index is 0.159. The molecule has 112 valence electrons. The van der Waals surface area contributed by atoms with E-state index in [2.05, 4.69) is 9.69 Å². The van der Waals surface area contributed by atoms with Crippen LogP contribution < -0.4 is 10.1 Å². The molecule has 0 aliphatic carbocycles. The maximum absolute atomic E-state index is 12.1. The lowest BCUT2D eigenvalue weighted by Gasteiger charge is -2.00. The quantitative estimate of drug-likeness (QED) is 0.784. The number of nitrogens with zero attached hydrogens (tertiary/aromatic N) is 1. The molecule has 0 unspecified atom stereocenters. The SMILES string of the molecule is COc1ccc(-c2cc(C(=O)NCc3ccco3)sn2)cc1. The molecule has 0 spiro atoms. The molecule has 1 aromatic carbocycles. The summed E-state index contributed by atoms with van der Waals surface area (Å²) in [5, 5.41) is 2.80. The molecule has 0 fully saturated rings. The molecule has 2 aromatic heterocycles. The Kier molecular flexibility index (Phi) is 4.20. The zero-order valence-electron chi connectivity index (χ0n) is 11.9. The average Bonchev–Trinajstić information content (AvgIpc) is 3.24. The van der Waals surface area contributed by atoms with Crippen LogP contribution in [-0.2, 0) is 6.54 Å². The summed E-state index contributed by atoms with van der Waals surface area (Å²) in [6.07, 6.45) is 1.58. The van der Waals surface area contributed by atoms with Crippen LogP contribution in [0.25, 0.3) is 11.3 Å². The molecule has 6 heteroatoms. The van der Waals surface area contributed by atoms with Gasteiger partial charge in [-0.25, -0.2) is 0 Å². The van der Waals surface area contributed by atoms with E-state index in [1.165, 1.54) is 11.5 Å². The van der Waals surface area contributed by atoms with Crippen molar-refractivity contribution in [2.45, 2.75) is 6.54 Å². The number of hydrogen-bond acceptors (Lipinski definition) is 5. The van der Waals surface area contributed by atoms with Crippen molar-refractivity contribution < 1.29 is 13.9 Å². The Morgan fingerprint density at radius 2 is 2.14 bits per heavy atom. The summed E-state index contributed by atoms with van der Waals surface area (Å²) in [4.78, 5) is 12.6. The molecule has 3 aromatic rings. The van der Waals surface area contributed by atoms with Gasteiger partial charge >= 0.3 is 0 Å². The molecule has 1 N–H and O–H groups in total. The molecule has 22 heavy (non-hydrogen) atoms. The maximum Gasteiger partial charge on any atom is 0.263 e. The van der Waals surface area contributed by atoms with Crippen LogP contribution in [0.4, 0.5) is 0 Å². The van der Waals surface area contributed by atoms with Gasteiger partial charge in [-0.1, -0.05) is 0 Å². The maximum atomic E-state index is 12.1. The van der Waals surface area contributed by atoms with Gasteiger partial charge in [-0.2, -0.15) is 4.37 Å². The van der Waals surface area contributed by atoms with Crippen molar-refractivity contribution in [2.24, 2.45) is 0 Å². The summed E-state index contributed by atoms with van der Waals surface area (Å²) in [5.41, 5.74) is 1.72.